The third kappa shape index (κ3) is 3.41. The number of amides is 1. The summed E-state index contributed by atoms with van der Waals surface area (Å²) < 4.78 is 74.6. The molecule has 0 spiro atoms. The summed E-state index contributed by atoms with van der Waals surface area (Å²) in [5.74, 6) is -3.86. The van der Waals surface area contributed by atoms with Gasteiger partial charge in [-0.2, -0.15) is 13.2 Å². The predicted molar refractivity (Wildman–Crippen MR) is 97.6 cm³/mol. The molecule has 0 aliphatic carbocycles. The number of nitrogens with zero attached hydrogens (tertiary/aromatic N) is 2. The molecule has 4 N–H and O–H groups in total. The fraction of sp³-hybridized carbons (Fsp3) is 0.333. The van der Waals surface area contributed by atoms with E-state index in [1.165, 1.54) is 19.0 Å². The maximum Gasteiger partial charge on any atom is 0.433 e. The summed E-state index contributed by atoms with van der Waals surface area (Å²) in [7, 11) is 3.95. The van der Waals surface area contributed by atoms with Crippen LogP contribution < -0.4 is 21.1 Å². The van der Waals surface area contributed by atoms with Crippen molar-refractivity contribution in [3.05, 3.63) is 40.6 Å². The topological polar surface area (TPSA) is 92.5 Å². The van der Waals surface area contributed by atoms with E-state index in [4.69, 9.17) is 10.5 Å². The Kier molecular flexibility index (Phi) is 5.56. The molecule has 0 saturated carbocycles. The molecule has 1 aliphatic heterocycles. The quantitative estimate of drug-likeness (QED) is 0.645. The number of hydrogen-bond acceptors (Lipinski definition) is 6. The van der Waals surface area contributed by atoms with Crippen molar-refractivity contribution in [2.75, 3.05) is 26.5 Å². The van der Waals surface area contributed by atoms with Crippen LogP contribution in [0.15, 0.2) is 12.1 Å². The average molecular weight is 431 g/mol. The maximum atomic E-state index is 14.3. The van der Waals surface area contributed by atoms with E-state index in [9.17, 15) is 26.7 Å². The van der Waals surface area contributed by atoms with Crippen LogP contribution in [0.3, 0.4) is 0 Å². The number of anilines is 1. The van der Waals surface area contributed by atoms with E-state index in [2.05, 4.69) is 15.6 Å². The molecular formula is C18H18F5N5O2. The van der Waals surface area contributed by atoms with Gasteiger partial charge in [0.1, 0.15) is 11.6 Å². The zero-order valence-electron chi connectivity index (χ0n) is 16.1. The lowest BCUT2D eigenvalue weighted by Crippen LogP contribution is -2.54. The molecule has 12 heteroatoms. The predicted octanol–water partition coefficient (Wildman–Crippen LogP) is 2.51. The van der Waals surface area contributed by atoms with E-state index < -0.39 is 64.9 Å². The van der Waals surface area contributed by atoms with Gasteiger partial charge in [0.15, 0.2) is 23.6 Å². The smallest absolute Gasteiger partial charge is 0.433 e. The molecule has 2 aromatic rings. The second kappa shape index (κ2) is 7.69. The van der Waals surface area contributed by atoms with Crippen LogP contribution in [0.1, 0.15) is 21.6 Å². The molecular weight excluding hydrogens is 413 g/mol. The first-order valence-electron chi connectivity index (χ1n) is 8.63. The van der Waals surface area contributed by atoms with E-state index in [0.717, 1.165) is 13.2 Å². The number of nitrogens with one attached hydrogen (secondary N) is 2. The van der Waals surface area contributed by atoms with Crippen molar-refractivity contribution in [1.82, 2.24) is 15.2 Å². The van der Waals surface area contributed by atoms with E-state index >= 15 is 0 Å². The van der Waals surface area contributed by atoms with Gasteiger partial charge in [-0.1, -0.05) is 0 Å². The third-order valence-corrected chi connectivity index (χ3v) is 4.72. The van der Waals surface area contributed by atoms with E-state index in [1.807, 2.05) is 0 Å². The number of aromatic nitrogens is 1. The van der Waals surface area contributed by atoms with Crippen LogP contribution in [0.2, 0.25) is 0 Å². The first kappa shape index (κ1) is 21.7. The number of fused-ring (bicyclic) bond motifs is 1. The molecule has 7 nitrogen and oxygen atoms in total. The number of carbonyl (C=O) groups is 1. The highest BCUT2D eigenvalue weighted by atomic mass is 19.4. The van der Waals surface area contributed by atoms with Gasteiger partial charge in [0.2, 0.25) is 0 Å². The zero-order valence-corrected chi connectivity index (χ0v) is 16.1. The van der Waals surface area contributed by atoms with Gasteiger partial charge in [-0.25, -0.2) is 13.8 Å². The second-order valence-corrected chi connectivity index (χ2v) is 6.46. The number of ether oxygens (including phenoxy) is 1. The molecule has 1 aromatic heterocycles. The first-order chi connectivity index (χ1) is 14.0. The normalized spacial score (nSPS) is 16.4. The molecule has 1 amide bonds. The van der Waals surface area contributed by atoms with Gasteiger partial charge < -0.3 is 20.7 Å². The highest BCUT2D eigenvalue weighted by Crippen LogP contribution is 2.45. The van der Waals surface area contributed by atoms with Crippen LogP contribution in [-0.2, 0) is 12.7 Å². The van der Waals surface area contributed by atoms with Crippen LogP contribution in [0.4, 0.5) is 27.8 Å². The van der Waals surface area contributed by atoms with Gasteiger partial charge in [-0.05, 0) is 13.1 Å². The second-order valence-electron chi connectivity index (χ2n) is 6.46. The Bertz CT molecular complexity index is 1010. The van der Waals surface area contributed by atoms with Crippen LogP contribution in [0.5, 0.6) is 5.75 Å². The molecule has 0 saturated heterocycles. The minimum atomic E-state index is -4.94. The molecule has 1 aromatic carbocycles. The zero-order chi connectivity index (χ0) is 22.4. The lowest BCUT2D eigenvalue weighted by Gasteiger charge is -2.36. The Morgan fingerprint density at radius 3 is 2.50 bits per heavy atom. The van der Waals surface area contributed by atoms with Crippen molar-refractivity contribution in [3.8, 4) is 16.9 Å². The molecule has 162 valence electrons. The number of halogens is 5. The highest BCUT2D eigenvalue weighted by Gasteiger charge is 2.42. The molecule has 30 heavy (non-hydrogen) atoms. The summed E-state index contributed by atoms with van der Waals surface area (Å²) in [5, 5.41) is 5.40. The van der Waals surface area contributed by atoms with Crippen LogP contribution in [0, 0.1) is 11.6 Å². The molecule has 0 radical (unpaired) electrons. The molecule has 0 fully saturated rings. The Morgan fingerprint density at radius 2 is 1.97 bits per heavy atom. The molecule has 3 rings (SSSR count). The summed E-state index contributed by atoms with van der Waals surface area (Å²) in [6.45, 7) is -0.696. The molecule has 1 aliphatic rings. The maximum absolute atomic E-state index is 14.3. The minimum absolute atomic E-state index is 0.305. The number of pyridine rings is 1. The third-order valence-electron chi connectivity index (χ3n) is 4.72. The lowest BCUT2D eigenvalue weighted by atomic mass is 9.91. The summed E-state index contributed by atoms with van der Waals surface area (Å²) in [5.41, 5.74) is 2.55. The average Bonchev–Trinajstić information content (AvgIpc) is 2.67. The fourth-order valence-corrected chi connectivity index (χ4v) is 3.41. The number of methoxy groups -OCH3 is 1. The number of hydrogen-bond donors (Lipinski definition) is 3. The lowest BCUT2D eigenvalue weighted by molar-refractivity contribution is -0.141. The van der Waals surface area contributed by atoms with Crippen molar-refractivity contribution >= 4 is 11.7 Å². The van der Waals surface area contributed by atoms with Crippen LogP contribution in [-0.4, -0.2) is 43.3 Å². The standard InChI is InChI=1S/C18H18F5N5O2/c1-25-17-27-15-12(16(29)28(17)2)11(9(6-24)14(26-15)18(21,22)23)8-4-7(19)5-10(20)13(8)30-3/h4-5,17,25H,6,24H2,1-3H3,(H,26,27). The van der Waals surface area contributed by atoms with Crippen molar-refractivity contribution < 1.29 is 31.5 Å². The van der Waals surface area contributed by atoms with Gasteiger partial charge in [0.05, 0.1) is 12.7 Å². The Hall–Kier alpha value is -2.99. The molecule has 0 bridgehead atoms. The van der Waals surface area contributed by atoms with Crippen molar-refractivity contribution in [1.29, 1.82) is 0 Å². The van der Waals surface area contributed by atoms with Gasteiger partial charge in [0, 0.05) is 36.3 Å². The van der Waals surface area contributed by atoms with Crippen molar-refractivity contribution in [2.45, 2.75) is 19.0 Å². The Labute approximate surface area is 168 Å². The van der Waals surface area contributed by atoms with E-state index in [1.54, 1.807) is 0 Å². The summed E-state index contributed by atoms with van der Waals surface area (Å²) in [4.78, 5) is 17.8. The number of carbonyl (C=O) groups excluding carboxylic acids is 1. The van der Waals surface area contributed by atoms with Crippen molar-refractivity contribution in [2.24, 2.45) is 5.73 Å². The largest absolute Gasteiger partial charge is 0.493 e. The summed E-state index contributed by atoms with van der Waals surface area (Å²) in [6, 6.07) is 1.31. The SMILES string of the molecule is CNC1Nc2nc(C(F)(F)F)c(CN)c(-c3cc(F)cc(F)c3OC)c2C(=O)N1C. The number of nitrogens with two attached hydrogens (primary N) is 1. The van der Waals surface area contributed by atoms with Gasteiger partial charge in [-0.15, -0.1) is 0 Å². The highest BCUT2D eigenvalue weighted by molar-refractivity contribution is 6.08. The molecule has 1 atom stereocenters. The summed E-state index contributed by atoms with van der Waals surface area (Å²) >= 11 is 0. The van der Waals surface area contributed by atoms with Crippen molar-refractivity contribution in [3.63, 3.8) is 0 Å². The number of benzene rings is 1. The Morgan fingerprint density at radius 1 is 1.30 bits per heavy atom. The first-order valence-corrected chi connectivity index (χ1v) is 8.63. The number of alkyl halides is 3. The van der Waals surface area contributed by atoms with Crippen LogP contribution >= 0.6 is 0 Å². The van der Waals surface area contributed by atoms with Gasteiger partial charge in [0.25, 0.3) is 5.91 Å². The molecule has 1 unspecified atom stereocenters. The van der Waals surface area contributed by atoms with Gasteiger partial charge >= 0.3 is 6.18 Å². The Balaban J connectivity index is 2.50. The summed E-state index contributed by atoms with van der Waals surface area (Å²) in [6.07, 6.45) is -5.80. The van der Waals surface area contributed by atoms with E-state index in [-0.39, 0.29) is 11.1 Å². The fourth-order valence-electron chi connectivity index (χ4n) is 3.41. The van der Waals surface area contributed by atoms with Crippen LogP contribution in [0.25, 0.3) is 11.1 Å². The molecule has 2 heterocycles. The van der Waals surface area contributed by atoms with Gasteiger partial charge in [-0.3, -0.25) is 10.1 Å². The monoisotopic (exact) mass is 431 g/mol. The van der Waals surface area contributed by atoms with E-state index in [0.29, 0.717) is 6.07 Å². The number of rotatable bonds is 4. The minimum Gasteiger partial charge on any atom is -0.493 e.